The van der Waals surface area contributed by atoms with Gasteiger partial charge in [0.2, 0.25) is 0 Å². The molecule has 0 spiro atoms. The maximum Gasteiger partial charge on any atom is 0.123 e. The van der Waals surface area contributed by atoms with Gasteiger partial charge in [-0.1, -0.05) is 23.7 Å². The summed E-state index contributed by atoms with van der Waals surface area (Å²) >= 11 is 6.08. The third kappa shape index (κ3) is 4.11. The Hall–Kier alpha value is -3.02. The summed E-state index contributed by atoms with van der Waals surface area (Å²) in [6.45, 7) is 1.09. The quantitative estimate of drug-likeness (QED) is 0.368. The van der Waals surface area contributed by atoms with Gasteiger partial charge in [-0.05, 0) is 60.5 Å². The van der Waals surface area contributed by atoms with Gasteiger partial charge in [-0.3, -0.25) is 4.98 Å². The number of benzene rings is 2. The second-order valence-corrected chi connectivity index (χ2v) is 8.11. The van der Waals surface area contributed by atoms with E-state index in [9.17, 15) is 4.39 Å². The first-order valence-electron chi connectivity index (χ1n) is 10.3. The van der Waals surface area contributed by atoms with Crippen molar-refractivity contribution in [2.24, 2.45) is 0 Å². The standard InChI is InChI=1S/C25H21ClFN3O/c26-20-3-1-2-17(14-20)15-31-16-22-8-9-23-29-24(18-4-6-21(27)7-5-18)25(30(22)23)19-10-12-28-13-11-19/h1-7,10-14,22H,8-9,15-16H2/t22-/m0/s1. The Labute approximate surface area is 185 Å². The summed E-state index contributed by atoms with van der Waals surface area (Å²) < 4.78 is 21.8. The van der Waals surface area contributed by atoms with Crippen molar-refractivity contribution in [2.75, 3.05) is 6.61 Å². The second-order valence-electron chi connectivity index (χ2n) is 7.68. The molecule has 0 aliphatic carbocycles. The average Bonchev–Trinajstić information content (AvgIpc) is 3.35. The minimum atomic E-state index is -0.256. The molecular weight excluding hydrogens is 413 g/mol. The summed E-state index contributed by atoms with van der Waals surface area (Å²) in [6, 6.07) is 18.4. The van der Waals surface area contributed by atoms with Gasteiger partial charge < -0.3 is 9.30 Å². The van der Waals surface area contributed by atoms with Gasteiger partial charge in [0, 0.05) is 35.0 Å². The van der Waals surface area contributed by atoms with Crippen molar-refractivity contribution in [2.45, 2.75) is 25.5 Å². The van der Waals surface area contributed by atoms with Crippen LogP contribution in [0.4, 0.5) is 4.39 Å². The molecule has 0 saturated carbocycles. The molecule has 0 bridgehead atoms. The highest BCUT2D eigenvalue weighted by Crippen LogP contribution is 2.39. The summed E-state index contributed by atoms with van der Waals surface area (Å²) in [5.74, 6) is 0.774. The molecule has 5 rings (SSSR count). The van der Waals surface area contributed by atoms with Gasteiger partial charge in [-0.15, -0.1) is 0 Å². The molecule has 3 heterocycles. The van der Waals surface area contributed by atoms with Crippen molar-refractivity contribution in [3.8, 4) is 22.5 Å². The van der Waals surface area contributed by atoms with Crippen LogP contribution in [0.2, 0.25) is 5.02 Å². The van der Waals surface area contributed by atoms with Crippen LogP contribution in [0.1, 0.15) is 23.9 Å². The Morgan fingerprint density at radius 1 is 1.03 bits per heavy atom. The summed E-state index contributed by atoms with van der Waals surface area (Å²) in [5, 5.41) is 0.711. The highest BCUT2D eigenvalue weighted by molar-refractivity contribution is 6.30. The number of fused-ring (bicyclic) bond motifs is 1. The highest BCUT2D eigenvalue weighted by atomic mass is 35.5. The van der Waals surface area contributed by atoms with Gasteiger partial charge >= 0.3 is 0 Å². The van der Waals surface area contributed by atoms with Crippen molar-refractivity contribution >= 4 is 11.6 Å². The van der Waals surface area contributed by atoms with E-state index in [1.165, 1.54) is 12.1 Å². The monoisotopic (exact) mass is 433 g/mol. The molecule has 1 aliphatic heterocycles. The third-order valence-corrected chi connectivity index (χ3v) is 5.82. The molecule has 0 amide bonds. The number of aromatic nitrogens is 3. The van der Waals surface area contributed by atoms with Crippen molar-refractivity contribution < 1.29 is 9.13 Å². The molecule has 1 aliphatic rings. The van der Waals surface area contributed by atoms with E-state index < -0.39 is 0 Å². The fraction of sp³-hybridized carbons (Fsp3) is 0.200. The van der Waals surface area contributed by atoms with E-state index in [4.69, 9.17) is 21.3 Å². The van der Waals surface area contributed by atoms with Gasteiger partial charge in [-0.2, -0.15) is 0 Å². The molecule has 31 heavy (non-hydrogen) atoms. The summed E-state index contributed by atoms with van der Waals surface area (Å²) in [5.41, 5.74) is 4.87. The summed E-state index contributed by atoms with van der Waals surface area (Å²) in [7, 11) is 0. The van der Waals surface area contributed by atoms with E-state index in [0.29, 0.717) is 18.2 Å². The molecule has 4 aromatic rings. The predicted molar refractivity (Wildman–Crippen MR) is 119 cm³/mol. The molecule has 4 nitrogen and oxygen atoms in total. The van der Waals surface area contributed by atoms with Gasteiger partial charge in [0.1, 0.15) is 11.6 Å². The molecule has 0 saturated heterocycles. The van der Waals surface area contributed by atoms with Gasteiger partial charge in [0.05, 0.1) is 30.6 Å². The number of halogens is 2. The normalized spacial score (nSPS) is 15.2. The molecule has 0 fully saturated rings. The topological polar surface area (TPSA) is 39.9 Å². The van der Waals surface area contributed by atoms with E-state index in [0.717, 1.165) is 46.7 Å². The lowest BCUT2D eigenvalue weighted by Crippen LogP contribution is -2.13. The zero-order valence-electron chi connectivity index (χ0n) is 16.8. The number of ether oxygens (including phenoxy) is 1. The Kier molecular flexibility index (Phi) is 5.53. The van der Waals surface area contributed by atoms with Crippen LogP contribution in [-0.2, 0) is 17.8 Å². The zero-order valence-corrected chi connectivity index (χ0v) is 17.6. The van der Waals surface area contributed by atoms with Crippen LogP contribution in [0, 0.1) is 5.82 Å². The van der Waals surface area contributed by atoms with E-state index >= 15 is 0 Å². The Morgan fingerprint density at radius 3 is 2.61 bits per heavy atom. The van der Waals surface area contributed by atoms with E-state index in [1.807, 2.05) is 36.4 Å². The van der Waals surface area contributed by atoms with Gasteiger partial charge in [0.15, 0.2) is 0 Å². The first-order valence-corrected chi connectivity index (χ1v) is 10.7. The van der Waals surface area contributed by atoms with Crippen LogP contribution < -0.4 is 0 Å². The van der Waals surface area contributed by atoms with Gasteiger partial charge in [-0.25, -0.2) is 9.37 Å². The number of pyridine rings is 1. The third-order valence-electron chi connectivity index (χ3n) is 5.59. The fourth-order valence-corrected chi connectivity index (χ4v) is 4.38. The highest BCUT2D eigenvalue weighted by Gasteiger charge is 2.30. The van der Waals surface area contributed by atoms with Crippen LogP contribution in [0.15, 0.2) is 73.1 Å². The van der Waals surface area contributed by atoms with Crippen LogP contribution in [0.3, 0.4) is 0 Å². The smallest absolute Gasteiger partial charge is 0.123 e. The second kappa shape index (κ2) is 8.61. The van der Waals surface area contributed by atoms with Gasteiger partial charge in [0.25, 0.3) is 0 Å². The first-order chi connectivity index (χ1) is 15.2. The SMILES string of the molecule is Fc1ccc(-c2nc3n(c2-c2ccncc2)[C@H](COCc2cccc(Cl)c2)CC3)cc1. The molecule has 0 N–H and O–H groups in total. The lowest BCUT2D eigenvalue weighted by atomic mass is 10.0. The van der Waals surface area contributed by atoms with Crippen LogP contribution in [-0.4, -0.2) is 21.1 Å². The van der Waals surface area contributed by atoms with E-state index in [-0.39, 0.29) is 11.9 Å². The van der Waals surface area contributed by atoms with E-state index in [1.54, 1.807) is 24.5 Å². The Balaban J connectivity index is 1.47. The van der Waals surface area contributed by atoms with Crippen LogP contribution in [0.5, 0.6) is 0 Å². The summed E-state index contributed by atoms with van der Waals surface area (Å²) in [6.07, 6.45) is 5.41. The Morgan fingerprint density at radius 2 is 1.84 bits per heavy atom. The molecule has 0 radical (unpaired) electrons. The van der Waals surface area contributed by atoms with Crippen LogP contribution >= 0.6 is 11.6 Å². The number of hydrogen-bond donors (Lipinski definition) is 0. The van der Waals surface area contributed by atoms with Crippen molar-refractivity contribution in [3.63, 3.8) is 0 Å². The maximum atomic E-state index is 13.5. The fourth-order valence-electron chi connectivity index (χ4n) is 4.17. The number of imidazole rings is 1. The summed E-state index contributed by atoms with van der Waals surface area (Å²) in [4.78, 5) is 9.10. The number of aryl methyl sites for hydroxylation is 1. The number of rotatable bonds is 6. The molecule has 0 unspecified atom stereocenters. The Bertz CT molecular complexity index is 1190. The van der Waals surface area contributed by atoms with E-state index in [2.05, 4.69) is 9.55 Å². The molecular formula is C25H21ClFN3O. The van der Waals surface area contributed by atoms with Crippen LogP contribution in [0.25, 0.3) is 22.5 Å². The minimum absolute atomic E-state index is 0.180. The lowest BCUT2D eigenvalue weighted by molar-refractivity contribution is 0.0925. The average molecular weight is 434 g/mol. The molecule has 2 aromatic heterocycles. The van der Waals surface area contributed by atoms with Crippen molar-refractivity contribution in [3.05, 3.63) is 95.3 Å². The number of hydrogen-bond acceptors (Lipinski definition) is 3. The van der Waals surface area contributed by atoms with Crippen molar-refractivity contribution in [1.29, 1.82) is 0 Å². The maximum absolute atomic E-state index is 13.5. The zero-order chi connectivity index (χ0) is 21.2. The molecule has 6 heteroatoms. The predicted octanol–water partition coefficient (Wildman–Crippen LogP) is 6.11. The number of nitrogens with zero attached hydrogens (tertiary/aromatic N) is 3. The molecule has 2 aromatic carbocycles. The first kappa shape index (κ1) is 19.9. The van der Waals surface area contributed by atoms with Crippen molar-refractivity contribution in [1.82, 2.24) is 14.5 Å². The minimum Gasteiger partial charge on any atom is -0.375 e. The molecule has 156 valence electrons. The molecule has 1 atom stereocenters. The lowest BCUT2D eigenvalue weighted by Gasteiger charge is -2.18. The largest absolute Gasteiger partial charge is 0.375 e.